The molecule has 0 amide bonds. The Hall–Kier alpha value is -0.570. The Bertz CT molecular complexity index is 276. The van der Waals surface area contributed by atoms with Crippen LogP contribution in [-0.4, -0.2) is 17.8 Å². The maximum atomic E-state index is 9.03. The molecule has 14 heavy (non-hydrogen) atoms. The summed E-state index contributed by atoms with van der Waals surface area (Å²) >= 11 is 5.84. The molecule has 0 bridgehead atoms. The first-order valence-electron chi connectivity index (χ1n) is 4.81. The molecule has 0 aliphatic heterocycles. The highest BCUT2D eigenvalue weighted by molar-refractivity contribution is 6.30. The number of nitrogens with one attached hydrogen (secondary N) is 1. The molecule has 0 aliphatic carbocycles. The topological polar surface area (TPSA) is 32.3 Å². The van der Waals surface area contributed by atoms with Crippen LogP contribution in [0.3, 0.4) is 0 Å². The average Bonchev–Trinajstić information content (AvgIpc) is 2.12. The zero-order chi connectivity index (χ0) is 10.4. The normalized spacial score (nSPS) is 12.8. The molecule has 0 aliphatic rings. The Morgan fingerprint density at radius 1 is 1.50 bits per heavy atom. The van der Waals surface area contributed by atoms with Crippen molar-refractivity contribution in [3.05, 3.63) is 34.9 Å². The Kier molecular flexibility index (Phi) is 4.94. The van der Waals surface area contributed by atoms with Gasteiger partial charge in [-0.1, -0.05) is 23.7 Å². The molecular weight excluding hydrogens is 198 g/mol. The summed E-state index contributed by atoms with van der Waals surface area (Å²) in [5.74, 6) is 0. The molecule has 0 saturated carbocycles. The van der Waals surface area contributed by atoms with Gasteiger partial charge in [-0.15, -0.1) is 0 Å². The van der Waals surface area contributed by atoms with Gasteiger partial charge < -0.3 is 10.4 Å². The minimum Gasteiger partial charge on any atom is -0.393 e. The molecule has 0 aromatic heterocycles. The van der Waals surface area contributed by atoms with E-state index in [4.69, 9.17) is 16.7 Å². The standard InChI is InChI=1S/C11H16ClNO/c1-9(14)5-6-13-8-10-3-2-4-11(12)7-10/h2-4,7,9,13-14H,5-6,8H2,1H3/t9-/m1/s1. The fraction of sp³-hybridized carbons (Fsp3) is 0.455. The molecule has 3 heteroatoms. The van der Waals surface area contributed by atoms with Gasteiger partial charge in [0.25, 0.3) is 0 Å². The predicted molar refractivity (Wildman–Crippen MR) is 59.5 cm³/mol. The number of hydrogen-bond acceptors (Lipinski definition) is 2. The van der Waals surface area contributed by atoms with Gasteiger partial charge in [-0.3, -0.25) is 0 Å². The first-order valence-corrected chi connectivity index (χ1v) is 5.19. The molecule has 0 fully saturated rings. The smallest absolute Gasteiger partial charge is 0.0524 e. The lowest BCUT2D eigenvalue weighted by molar-refractivity contribution is 0.183. The van der Waals surface area contributed by atoms with Crippen LogP contribution in [0.2, 0.25) is 5.02 Å². The first-order chi connectivity index (χ1) is 6.68. The molecule has 0 unspecified atom stereocenters. The molecule has 1 aromatic carbocycles. The number of aliphatic hydroxyl groups excluding tert-OH is 1. The van der Waals surface area contributed by atoms with Gasteiger partial charge in [0.1, 0.15) is 0 Å². The summed E-state index contributed by atoms with van der Waals surface area (Å²) in [4.78, 5) is 0. The van der Waals surface area contributed by atoms with Crippen molar-refractivity contribution in [1.29, 1.82) is 0 Å². The van der Waals surface area contributed by atoms with Crippen LogP contribution in [0.1, 0.15) is 18.9 Å². The van der Waals surface area contributed by atoms with E-state index < -0.39 is 0 Å². The van der Waals surface area contributed by atoms with E-state index in [9.17, 15) is 0 Å². The lowest BCUT2D eigenvalue weighted by Gasteiger charge is -2.06. The third-order valence-corrected chi connectivity index (χ3v) is 2.19. The molecule has 1 rings (SSSR count). The van der Waals surface area contributed by atoms with Crippen LogP contribution in [0.25, 0.3) is 0 Å². The predicted octanol–water partition coefficient (Wildman–Crippen LogP) is 2.20. The number of rotatable bonds is 5. The first kappa shape index (κ1) is 11.5. The van der Waals surface area contributed by atoms with E-state index in [1.807, 2.05) is 24.3 Å². The van der Waals surface area contributed by atoms with Gasteiger partial charge in [0, 0.05) is 11.6 Å². The second-order valence-electron chi connectivity index (χ2n) is 3.44. The molecular formula is C11H16ClNO. The van der Waals surface area contributed by atoms with Gasteiger partial charge in [0.2, 0.25) is 0 Å². The molecule has 0 radical (unpaired) electrons. The van der Waals surface area contributed by atoms with E-state index in [0.717, 1.165) is 24.5 Å². The van der Waals surface area contributed by atoms with Crippen LogP contribution in [0.5, 0.6) is 0 Å². The van der Waals surface area contributed by atoms with Crippen LogP contribution in [0.15, 0.2) is 24.3 Å². The SMILES string of the molecule is C[C@@H](O)CCNCc1cccc(Cl)c1. The highest BCUT2D eigenvalue weighted by Gasteiger charge is 1.96. The summed E-state index contributed by atoms with van der Waals surface area (Å²) in [6, 6.07) is 7.77. The van der Waals surface area contributed by atoms with Crippen molar-refractivity contribution in [3.8, 4) is 0 Å². The van der Waals surface area contributed by atoms with Crippen LogP contribution in [0, 0.1) is 0 Å². The molecule has 1 aromatic rings. The Morgan fingerprint density at radius 3 is 2.93 bits per heavy atom. The summed E-state index contributed by atoms with van der Waals surface area (Å²) in [6.07, 6.45) is 0.544. The van der Waals surface area contributed by atoms with Crippen molar-refractivity contribution in [2.45, 2.75) is 26.0 Å². The van der Waals surface area contributed by atoms with E-state index in [0.29, 0.717) is 0 Å². The molecule has 0 saturated heterocycles. The van der Waals surface area contributed by atoms with Gasteiger partial charge >= 0.3 is 0 Å². The second-order valence-corrected chi connectivity index (χ2v) is 3.88. The van der Waals surface area contributed by atoms with E-state index in [1.165, 1.54) is 5.56 Å². The summed E-state index contributed by atoms with van der Waals surface area (Å²) in [5, 5.41) is 13.0. The van der Waals surface area contributed by atoms with E-state index >= 15 is 0 Å². The van der Waals surface area contributed by atoms with Crippen LogP contribution >= 0.6 is 11.6 Å². The maximum absolute atomic E-state index is 9.03. The third kappa shape index (κ3) is 4.61. The molecule has 78 valence electrons. The van der Waals surface area contributed by atoms with E-state index in [-0.39, 0.29) is 6.10 Å². The van der Waals surface area contributed by atoms with Crippen LogP contribution < -0.4 is 5.32 Å². The van der Waals surface area contributed by atoms with Crippen molar-refractivity contribution < 1.29 is 5.11 Å². The van der Waals surface area contributed by atoms with Gasteiger partial charge in [0.05, 0.1) is 6.10 Å². The largest absolute Gasteiger partial charge is 0.393 e. The van der Waals surface area contributed by atoms with Crippen LogP contribution in [0.4, 0.5) is 0 Å². The van der Waals surface area contributed by atoms with Crippen molar-refractivity contribution in [2.75, 3.05) is 6.54 Å². The van der Waals surface area contributed by atoms with Gasteiger partial charge in [-0.05, 0) is 37.6 Å². The highest BCUT2D eigenvalue weighted by atomic mass is 35.5. The summed E-state index contributed by atoms with van der Waals surface area (Å²) in [6.45, 7) is 3.42. The van der Waals surface area contributed by atoms with Gasteiger partial charge in [-0.2, -0.15) is 0 Å². The molecule has 2 N–H and O–H groups in total. The summed E-state index contributed by atoms with van der Waals surface area (Å²) in [7, 11) is 0. The van der Waals surface area contributed by atoms with E-state index in [1.54, 1.807) is 6.92 Å². The Labute approximate surface area is 89.9 Å². The van der Waals surface area contributed by atoms with Crippen molar-refractivity contribution in [1.82, 2.24) is 5.32 Å². The highest BCUT2D eigenvalue weighted by Crippen LogP contribution is 2.10. The van der Waals surface area contributed by atoms with Crippen molar-refractivity contribution in [2.24, 2.45) is 0 Å². The fourth-order valence-electron chi connectivity index (χ4n) is 1.19. The molecule has 0 heterocycles. The number of benzene rings is 1. The van der Waals surface area contributed by atoms with Gasteiger partial charge in [-0.25, -0.2) is 0 Å². The Balaban J connectivity index is 2.25. The number of hydrogen-bond donors (Lipinski definition) is 2. The molecule has 2 nitrogen and oxygen atoms in total. The molecule has 0 spiro atoms. The third-order valence-electron chi connectivity index (χ3n) is 1.96. The quantitative estimate of drug-likeness (QED) is 0.736. The minimum atomic E-state index is -0.234. The Morgan fingerprint density at radius 2 is 2.29 bits per heavy atom. The van der Waals surface area contributed by atoms with Crippen molar-refractivity contribution in [3.63, 3.8) is 0 Å². The lowest BCUT2D eigenvalue weighted by atomic mass is 10.2. The minimum absolute atomic E-state index is 0.234. The van der Waals surface area contributed by atoms with Gasteiger partial charge in [0.15, 0.2) is 0 Å². The fourth-order valence-corrected chi connectivity index (χ4v) is 1.40. The van der Waals surface area contributed by atoms with E-state index in [2.05, 4.69) is 5.32 Å². The number of halogens is 1. The maximum Gasteiger partial charge on any atom is 0.0524 e. The van der Waals surface area contributed by atoms with Crippen molar-refractivity contribution >= 4 is 11.6 Å². The summed E-state index contributed by atoms with van der Waals surface area (Å²) in [5.41, 5.74) is 1.17. The molecule has 1 atom stereocenters. The zero-order valence-corrected chi connectivity index (χ0v) is 9.09. The second kappa shape index (κ2) is 6.02. The van der Waals surface area contributed by atoms with Crippen LogP contribution in [-0.2, 0) is 6.54 Å². The average molecular weight is 214 g/mol. The summed E-state index contributed by atoms with van der Waals surface area (Å²) < 4.78 is 0. The monoisotopic (exact) mass is 213 g/mol. The number of aliphatic hydroxyl groups is 1. The lowest BCUT2D eigenvalue weighted by Crippen LogP contribution is -2.18. The zero-order valence-electron chi connectivity index (χ0n) is 8.33.